The highest BCUT2D eigenvalue weighted by atomic mass is 16.3. The van der Waals surface area contributed by atoms with Crippen LogP contribution in [0.4, 0.5) is 0 Å². The Balaban J connectivity index is 2.14. The van der Waals surface area contributed by atoms with Crippen LogP contribution in [0.5, 0.6) is 0 Å². The number of hydrogen-bond acceptors (Lipinski definition) is 2. The van der Waals surface area contributed by atoms with Crippen LogP contribution in [0.1, 0.15) is 12.5 Å². The molecule has 0 aliphatic rings. The van der Waals surface area contributed by atoms with Gasteiger partial charge in [0.2, 0.25) is 5.91 Å². The van der Waals surface area contributed by atoms with Crippen LogP contribution in [0.15, 0.2) is 42.5 Å². The van der Waals surface area contributed by atoms with Gasteiger partial charge in [0.1, 0.15) is 0 Å². The molecule has 0 aromatic heterocycles. The smallest absolute Gasteiger partial charge is 0.223 e. The fourth-order valence-corrected chi connectivity index (χ4v) is 2.23. The van der Waals surface area contributed by atoms with Crippen LogP contribution < -0.4 is 5.32 Å². The van der Waals surface area contributed by atoms with Crippen molar-refractivity contribution < 1.29 is 9.90 Å². The van der Waals surface area contributed by atoms with E-state index in [1.807, 2.05) is 24.3 Å². The fraction of sp³-hybridized carbons (Fsp3) is 0.294. The van der Waals surface area contributed by atoms with Gasteiger partial charge >= 0.3 is 0 Å². The lowest BCUT2D eigenvalue weighted by atomic mass is 9.95. The van der Waals surface area contributed by atoms with Crippen LogP contribution >= 0.6 is 0 Å². The Labute approximate surface area is 119 Å². The maximum Gasteiger partial charge on any atom is 0.223 e. The highest BCUT2D eigenvalue weighted by Gasteiger charge is 2.16. The molecule has 0 bridgehead atoms. The Morgan fingerprint density at radius 2 is 1.95 bits per heavy atom. The third-order valence-electron chi connectivity index (χ3n) is 3.38. The molecule has 20 heavy (non-hydrogen) atoms. The van der Waals surface area contributed by atoms with E-state index in [1.54, 1.807) is 6.92 Å². The van der Waals surface area contributed by atoms with E-state index in [0.29, 0.717) is 6.42 Å². The molecule has 2 aromatic carbocycles. The van der Waals surface area contributed by atoms with Gasteiger partial charge in [-0.05, 0) is 36.6 Å². The summed E-state index contributed by atoms with van der Waals surface area (Å²) in [6, 6.07) is 14.0. The molecule has 0 saturated carbocycles. The summed E-state index contributed by atoms with van der Waals surface area (Å²) in [5.74, 6) is -0.491. The van der Waals surface area contributed by atoms with Crippen molar-refractivity contribution in [1.29, 1.82) is 0 Å². The summed E-state index contributed by atoms with van der Waals surface area (Å²) >= 11 is 0. The number of rotatable bonds is 5. The molecule has 1 radical (unpaired) electrons. The number of aliphatic hydroxyl groups is 1. The van der Waals surface area contributed by atoms with E-state index in [4.69, 9.17) is 5.11 Å². The number of carbonyl (C=O) groups is 1. The zero-order valence-electron chi connectivity index (χ0n) is 11.7. The molecule has 2 unspecified atom stereocenters. The van der Waals surface area contributed by atoms with E-state index in [2.05, 4.69) is 30.4 Å². The number of fused-ring (bicyclic) bond motifs is 1. The van der Waals surface area contributed by atoms with Crippen molar-refractivity contribution in [3.8, 4) is 0 Å². The molecule has 3 nitrogen and oxygen atoms in total. The van der Waals surface area contributed by atoms with Gasteiger partial charge in [-0.3, -0.25) is 4.79 Å². The minimum atomic E-state index is -0.366. The molecule has 0 heterocycles. The largest absolute Gasteiger partial charge is 0.394 e. The summed E-state index contributed by atoms with van der Waals surface area (Å²) in [5.41, 5.74) is 1.12. The highest BCUT2D eigenvalue weighted by Crippen LogP contribution is 2.21. The predicted octanol–water partition coefficient (Wildman–Crippen LogP) is 2.33. The molecule has 2 N–H and O–H groups in total. The Morgan fingerprint density at radius 1 is 1.25 bits per heavy atom. The second-order valence-corrected chi connectivity index (χ2v) is 5.13. The third kappa shape index (κ3) is 3.36. The van der Waals surface area contributed by atoms with E-state index in [1.165, 1.54) is 5.39 Å². The molecule has 0 aliphatic carbocycles. The minimum Gasteiger partial charge on any atom is -0.394 e. The lowest BCUT2D eigenvalue weighted by Gasteiger charge is -2.16. The van der Waals surface area contributed by atoms with E-state index >= 15 is 0 Å². The van der Waals surface area contributed by atoms with Crippen LogP contribution in [0, 0.1) is 12.8 Å². The Hall–Kier alpha value is -1.87. The average Bonchev–Trinajstić information content (AvgIpc) is 2.47. The first kappa shape index (κ1) is 14.5. The summed E-state index contributed by atoms with van der Waals surface area (Å²) < 4.78 is 0. The van der Waals surface area contributed by atoms with Gasteiger partial charge in [-0.1, -0.05) is 42.5 Å². The number of amides is 1. The van der Waals surface area contributed by atoms with Crippen molar-refractivity contribution in [3.05, 3.63) is 55.0 Å². The molecular weight excluding hydrogens is 250 g/mol. The first-order valence-electron chi connectivity index (χ1n) is 6.82. The molecule has 0 fully saturated rings. The van der Waals surface area contributed by atoms with Crippen molar-refractivity contribution >= 4 is 16.7 Å². The number of hydrogen-bond donors (Lipinski definition) is 2. The van der Waals surface area contributed by atoms with Gasteiger partial charge in [0, 0.05) is 12.0 Å². The quantitative estimate of drug-likeness (QED) is 0.876. The van der Waals surface area contributed by atoms with Crippen LogP contribution in [0.3, 0.4) is 0 Å². The standard InChI is InChI=1S/C17H20NO2/c1-12(17(20)18-13(2)11-19)10-15-8-5-7-14-6-3-4-9-16(14)15/h3-9,12-13,19H,1,10-11H2,2H3,(H,18,20). The molecule has 3 heteroatoms. The summed E-state index contributed by atoms with van der Waals surface area (Å²) in [6.07, 6.45) is 0.589. The van der Waals surface area contributed by atoms with Gasteiger partial charge < -0.3 is 10.4 Å². The molecule has 1 amide bonds. The molecule has 2 aromatic rings. The van der Waals surface area contributed by atoms with E-state index in [0.717, 1.165) is 10.9 Å². The van der Waals surface area contributed by atoms with Gasteiger partial charge in [0.25, 0.3) is 0 Å². The van der Waals surface area contributed by atoms with Crippen LogP contribution in [-0.4, -0.2) is 23.7 Å². The van der Waals surface area contributed by atoms with Crippen molar-refractivity contribution in [2.75, 3.05) is 6.61 Å². The number of aliphatic hydroxyl groups excluding tert-OH is 1. The lowest BCUT2D eigenvalue weighted by molar-refractivity contribution is -0.124. The first-order valence-corrected chi connectivity index (χ1v) is 6.82. The van der Waals surface area contributed by atoms with Gasteiger partial charge in [-0.15, -0.1) is 0 Å². The summed E-state index contributed by atoms with van der Waals surface area (Å²) in [6.45, 7) is 5.64. The molecule has 2 rings (SSSR count). The van der Waals surface area contributed by atoms with Crippen molar-refractivity contribution in [2.45, 2.75) is 19.4 Å². The summed E-state index contributed by atoms with van der Waals surface area (Å²) in [5, 5.41) is 14.0. The Kier molecular flexibility index (Phi) is 4.74. The maximum atomic E-state index is 12.0. The topological polar surface area (TPSA) is 49.3 Å². The zero-order chi connectivity index (χ0) is 14.5. The minimum absolute atomic E-state index is 0.0628. The molecular formula is C17H20NO2. The van der Waals surface area contributed by atoms with Crippen molar-refractivity contribution in [1.82, 2.24) is 5.32 Å². The fourth-order valence-electron chi connectivity index (χ4n) is 2.23. The van der Waals surface area contributed by atoms with E-state index in [-0.39, 0.29) is 24.5 Å². The highest BCUT2D eigenvalue weighted by molar-refractivity contribution is 5.87. The Bertz CT molecular complexity index is 589. The number of nitrogens with one attached hydrogen (secondary N) is 1. The molecule has 0 spiro atoms. The zero-order valence-corrected chi connectivity index (χ0v) is 11.7. The van der Waals surface area contributed by atoms with Crippen molar-refractivity contribution in [2.24, 2.45) is 5.92 Å². The average molecular weight is 270 g/mol. The van der Waals surface area contributed by atoms with E-state index < -0.39 is 0 Å². The number of benzene rings is 2. The van der Waals surface area contributed by atoms with Crippen LogP contribution in [0.2, 0.25) is 0 Å². The summed E-state index contributed by atoms with van der Waals surface area (Å²) in [4.78, 5) is 12.0. The van der Waals surface area contributed by atoms with Crippen molar-refractivity contribution in [3.63, 3.8) is 0 Å². The molecule has 0 aliphatic heterocycles. The molecule has 105 valence electrons. The SMILES string of the molecule is [CH2]C(Cc1cccc2ccccc12)C(=O)NC(C)CO. The second-order valence-electron chi connectivity index (χ2n) is 5.13. The van der Waals surface area contributed by atoms with Gasteiger partial charge in [-0.2, -0.15) is 0 Å². The Morgan fingerprint density at radius 3 is 2.70 bits per heavy atom. The number of carbonyl (C=O) groups excluding carboxylic acids is 1. The van der Waals surface area contributed by atoms with Crippen LogP contribution in [0.25, 0.3) is 10.8 Å². The second kappa shape index (κ2) is 6.53. The molecule has 2 atom stereocenters. The lowest BCUT2D eigenvalue weighted by Crippen LogP contribution is -2.39. The maximum absolute atomic E-state index is 12.0. The summed E-state index contributed by atoms with van der Waals surface area (Å²) in [7, 11) is 0. The predicted molar refractivity (Wildman–Crippen MR) is 81.2 cm³/mol. The third-order valence-corrected chi connectivity index (χ3v) is 3.38. The van der Waals surface area contributed by atoms with E-state index in [9.17, 15) is 4.79 Å². The monoisotopic (exact) mass is 270 g/mol. The first-order chi connectivity index (χ1) is 9.61. The van der Waals surface area contributed by atoms with Gasteiger partial charge in [-0.25, -0.2) is 0 Å². The van der Waals surface area contributed by atoms with Gasteiger partial charge in [0.15, 0.2) is 0 Å². The normalized spacial score (nSPS) is 13.9. The van der Waals surface area contributed by atoms with Gasteiger partial charge in [0.05, 0.1) is 6.61 Å². The molecule has 0 saturated heterocycles. The van der Waals surface area contributed by atoms with Crippen LogP contribution in [-0.2, 0) is 11.2 Å².